The highest BCUT2D eigenvalue weighted by atomic mass is 16.2. The van der Waals surface area contributed by atoms with Crippen molar-refractivity contribution in [3.8, 4) is 0 Å². The van der Waals surface area contributed by atoms with Gasteiger partial charge in [0.2, 0.25) is 0 Å². The molecule has 0 radical (unpaired) electrons. The molecule has 1 aliphatic carbocycles. The zero-order valence-corrected chi connectivity index (χ0v) is 9.92. The van der Waals surface area contributed by atoms with E-state index in [1.54, 1.807) is 6.07 Å². The molecule has 1 amide bonds. The van der Waals surface area contributed by atoms with E-state index in [0.29, 0.717) is 11.7 Å². The summed E-state index contributed by atoms with van der Waals surface area (Å²) in [7, 11) is 0. The molecule has 2 rings (SSSR count). The highest BCUT2D eigenvalue weighted by Crippen LogP contribution is 2.23. The number of rotatable bonds is 2. The lowest BCUT2D eigenvalue weighted by Crippen LogP contribution is -2.37. The van der Waals surface area contributed by atoms with Gasteiger partial charge in [-0.3, -0.25) is 9.89 Å². The van der Waals surface area contributed by atoms with Crippen LogP contribution in [-0.4, -0.2) is 22.1 Å². The summed E-state index contributed by atoms with van der Waals surface area (Å²) in [5, 5.41) is 9.79. The van der Waals surface area contributed by atoms with Crippen molar-refractivity contribution in [2.75, 3.05) is 0 Å². The van der Waals surface area contributed by atoms with Gasteiger partial charge in [-0.2, -0.15) is 5.10 Å². The Morgan fingerprint density at radius 2 is 2.12 bits per heavy atom. The first kappa shape index (κ1) is 11.2. The standard InChI is InChI=1S/C12H19N3O/c1-8-3-5-10(6-4-8)13-12(16)11-7-9(2)14-15-11/h7-8,10H,3-6H2,1-2H3,(H,13,16)(H,14,15). The molecule has 1 heterocycles. The van der Waals surface area contributed by atoms with Gasteiger partial charge in [0.1, 0.15) is 5.69 Å². The van der Waals surface area contributed by atoms with Crippen molar-refractivity contribution < 1.29 is 4.79 Å². The third kappa shape index (κ3) is 2.62. The van der Waals surface area contributed by atoms with Gasteiger partial charge < -0.3 is 5.32 Å². The topological polar surface area (TPSA) is 57.8 Å². The van der Waals surface area contributed by atoms with Gasteiger partial charge >= 0.3 is 0 Å². The van der Waals surface area contributed by atoms with Crippen LogP contribution in [0.4, 0.5) is 0 Å². The fourth-order valence-corrected chi connectivity index (χ4v) is 2.20. The van der Waals surface area contributed by atoms with E-state index in [0.717, 1.165) is 24.5 Å². The van der Waals surface area contributed by atoms with Crippen molar-refractivity contribution in [1.82, 2.24) is 15.5 Å². The molecule has 1 aliphatic rings. The molecular formula is C12H19N3O. The number of hydrogen-bond donors (Lipinski definition) is 2. The van der Waals surface area contributed by atoms with Crippen molar-refractivity contribution >= 4 is 5.91 Å². The van der Waals surface area contributed by atoms with Crippen LogP contribution in [0.1, 0.15) is 48.8 Å². The highest BCUT2D eigenvalue weighted by molar-refractivity contribution is 5.92. The molecule has 1 aromatic heterocycles. The van der Waals surface area contributed by atoms with E-state index < -0.39 is 0 Å². The number of amides is 1. The van der Waals surface area contributed by atoms with Crippen LogP contribution in [0.15, 0.2) is 6.07 Å². The molecule has 0 aromatic carbocycles. The van der Waals surface area contributed by atoms with Gasteiger partial charge in [0.05, 0.1) is 0 Å². The molecule has 1 saturated carbocycles. The summed E-state index contributed by atoms with van der Waals surface area (Å²) < 4.78 is 0. The van der Waals surface area contributed by atoms with E-state index in [9.17, 15) is 4.79 Å². The Hall–Kier alpha value is -1.32. The Bertz CT molecular complexity index is 364. The predicted octanol–water partition coefficient (Wildman–Crippen LogP) is 2.03. The minimum absolute atomic E-state index is 0.0519. The number of aryl methyl sites for hydroxylation is 1. The van der Waals surface area contributed by atoms with Crippen LogP contribution >= 0.6 is 0 Å². The summed E-state index contributed by atoms with van der Waals surface area (Å²) in [5.41, 5.74) is 1.42. The number of carbonyl (C=O) groups excluding carboxylic acids is 1. The third-order valence-corrected chi connectivity index (χ3v) is 3.29. The maximum absolute atomic E-state index is 11.8. The van der Waals surface area contributed by atoms with Crippen LogP contribution in [0.5, 0.6) is 0 Å². The van der Waals surface area contributed by atoms with Gasteiger partial charge in [0.25, 0.3) is 5.91 Å². The smallest absolute Gasteiger partial charge is 0.271 e. The normalized spacial score (nSPS) is 25.4. The van der Waals surface area contributed by atoms with E-state index in [4.69, 9.17) is 0 Å². The Labute approximate surface area is 95.8 Å². The molecule has 4 heteroatoms. The average Bonchev–Trinajstić information content (AvgIpc) is 2.68. The van der Waals surface area contributed by atoms with Gasteiger partial charge in [-0.1, -0.05) is 6.92 Å². The van der Waals surface area contributed by atoms with E-state index in [1.807, 2.05) is 6.92 Å². The Kier molecular flexibility index (Phi) is 3.27. The molecule has 0 aliphatic heterocycles. The molecule has 2 N–H and O–H groups in total. The average molecular weight is 221 g/mol. The van der Waals surface area contributed by atoms with E-state index in [-0.39, 0.29) is 5.91 Å². The van der Waals surface area contributed by atoms with Crippen LogP contribution in [0, 0.1) is 12.8 Å². The van der Waals surface area contributed by atoms with Crippen molar-refractivity contribution in [1.29, 1.82) is 0 Å². The fourth-order valence-electron chi connectivity index (χ4n) is 2.20. The maximum Gasteiger partial charge on any atom is 0.271 e. The summed E-state index contributed by atoms with van der Waals surface area (Å²) in [6, 6.07) is 2.11. The first-order chi connectivity index (χ1) is 7.65. The number of nitrogens with one attached hydrogen (secondary N) is 2. The first-order valence-corrected chi connectivity index (χ1v) is 5.98. The summed E-state index contributed by atoms with van der Waals surface area (Å²) >= 11 is 0. The summed E-state index contributed by atoms with van der Waals surface area (Å²) in [6.07, 6.45) is 4.61. The summed E-state index contributed by atoms with van der Waals surface area (Å²) in [5.74, 6) is 0.754. The van der Waals surface area contributed by atoms with Gasteiger partial charge in [-0.15, -0.1) is 0 Å². The second-order valence-electron chi connectivity index (χ2n) is 4.87. The van der Waals surface area contributed by atoms with Crippen LogP contribution in [0.3, 0.4) is 0 Å². The minimum Gasteiger partial charge on any atom is -0.348 e. The molecule has 0 saturated heterocycles. The van der Waals surface area contributed by atoms with Crippen molar-refractivity contribution in [3.05, 3.63) is 17.5 Å². The number of hydrogen-bond acceptors (Lipinski definition) is 2. The molecule has 0 atom stereocenters. The molecule has 4 nitrogen and oxygen atoms in total. The lowest BCUT2D eigenvalue weighted by molar-refractivity contribution is 0.0918. The third-order valence-electron chi connectivity index (χ3n) is 3.29. The minimum atomic E-state index is -0.0519. The molecule has 0 spiro atoms. The monoisotopic (exact) mass is 221 g/mol. The van der Waals surface area contributed by atoms with Crippen LogP contribution in [0.2, 0.25) is 0 Å². The van der Waals surface area contributed by atoms with Gasteiger partial charge in [-0.05, 0) is 44.6 Å². The summed E-state index contributed by atoms with van der Waals surface area (Å²) in [6.45, 7) is 4.17. The number of carbonyl (C=O) groups is 1. The zero-order valence-electron chi connectivity index (χ0n) is 9.92. The van der Waals surface area contributed by atoms with Crippen molar-refractivity contribution in [3.63, 3.8) is 0 Å². The maximum atomic E-state index is 11.8. The van der Waals surface area contributed by atoms with Crippen LogP contribution in [0.25, 0.3) is 0 Å². The number of H-pyrrole nitrogens is 1. The molecule has 1 aromatic rings. The van der Waals surface area contributed by atoms with E-state index >= 15 is 0 Å². The Morgan fingerprint density at radius 1 is 1.44 bits per heavy atom. The molecule has 88 valence electrons. The fraction of sp³-hybridized carbons (Fsp3) is 0.667. The zero-order chi connectivity index (χ0) is 11.5. The molecular weight excluding hydrogens is 202 g/mol. The van der Waals surface area contributed by atoms with Gasteiger partial charge in [0.15, 0.2) is 0 Å². The molecule has 1 fully saturated rings. The Balaban J connectivity index is 1.88. The molecule has 0 unspecified atom stereocenters. The lowest BCUT2D eigenvalue weighted by Gasteiger charge is -2.26. The molecule has 0 bridgehead atoms. The van der Waals surface area contributed by atoms with Crippen LogP contribution in [-0.2, 0) is 0 Å². The predicted molar refractivity (Wildman–Crippen MR) is 62.2 cm³/mol. The second-order valence-corrected chi connectivity index (χ2v) is 4.87. The highest BCUT2D eigenvalue weighted by Gasteiger charge is 2.20. The SMILES string of the molecule is Cc1cc(C(=O)NC2CCC(C)CC2)n[nH]1. The summed E-state index contributed by atoms with van der Waals surface area (Å²) in [4.78, 5) is 11.8. The second kappa shape index (κ2) is 4.68. The largest absolute Gasteiger partial charge is 0.348 e. The van der Waals surface area contributed by atoms with Crippen LogP contribution < -0.4 is 5.32 Å². The lowest BCUT2D eigenvalue weighted by atomic mass is 9.87. The van der Waals surface area contributed by atoms with Gasteiger partial charge in [-0.25, -0.2) is 0 Å². The number of aromatic nitrogens is 2. The van der Waals surface area contributed by atoms with E-state index in [2.05, 4.69) is 22.4 Å². The number of aromatic amines is 1. The Morgan fingerprint density at radius 3 is 2.69 bits per heavy atom. The van der Waals surface area contributed by atoms with Crippen molar-refractivity contribution in [2.45, 2.75) is 45.6 Å². The first-order valence-electron chi connectivity index (χ1n) is 5.98. The quantitative estimate of drug-likeness (QED) is 0.802. The van der Waals surface area contributed by atoms with E-state index in [1.165, 1.54) is 12.8 Å². The molecule has 16 heavy (non-hydrogen) atoms. The number of nitrogens with zero attached hydrogens (tertiary/aromatic N) is 1. The van der Waals surface area contributed by atoms with Crippen molar-refractivity contribution in [2.24, 2.45) is 5.92 Å². The van der Waals surface area contributed by atoms with Gasteiger partial charge in [0, 0.05) is 11.7 Å².